The first-order chi connectivity index (χ1) is 8.13. The van der Waals surface area contributed by atoms with Crippen LogP contribution in [0.2, 0.25) is 0 Å². The molecule has 0 spiro atoms. The number of nitrogens with one attached hydrogen (secondary N) is 2. The average Bonchev–Trinajstić information content (AvgIpc) is 2.23. The summed E-state index contributed by atoms with van der Waals surface area (Å²) in [5.74, 6) is 0.915. The summed E-state index contributed by atoms with van der Waals surface area (Å²) in [7, 11) is 2.14. The molecule has 0 aromatic carbocycles. The Bertz CT molecular complexity index is 230. The van der Waals surface area contributed by atoms with E-state index < -0.39 is 0 Å². The minimum atomic E-state index is 0.386. The van der Waals surface area contributed by atoms with E-state index in [1.807, 2.05) is 0 Å². The molecule has 1 saturated carbocycles. The van der Waals surface area contributed by atoms with Gasteiger partial charge in [0, 0.05) is 38.8 Å². The summed E-state index contributed by atoms with van der Waals surface area (Å²) in [5.41, 5.74) is 0.386. The minimum Gasteiger partial charge on any atom is -0.316 e. The van der Waals surface area contributed by atoms with Gasteiger partial charge < -0.3 is 15.5 Å². The number of hydrogen-bond acceptors (Lipinski definition) is 3. The van der Waals surface area contributed by atoms with E-state index in [-0.39, 0.29) is 0 Å². The molecule has 17 heavy (non-hydrogen) atoms. The van der Waals surface area contributed by atoms with Gasteiger partial charge in [-0.15, -0.1) is 0 Å². The summed E-state index contributed by atoms with van der Waals surface area (Å²) >= 11 is 0. The fourth-order valence-electron chi connectivity index (χ4n) is 3.58. The fraction of sp³-hybridized carbons (Fsp3) is 1.00. The van der Waals surface area contributed by atoms with Gasteiger partial charge in [-0.3, -0.25) is 0 Å². The summed E-state index contributed by atoms with van der Waals surface area (Å²) < 4.78 is 0. The maximum atomic E-state index is 3.59. The van der Waals surface area contributed by atoms with E-state index in [4.69, 9.17) is 0 Å². The summed E-state index contributed by atoms with van der Waals surface area (Å²) in [6.45, 7) is 10.8. The van der Waals surface area contributed by atoms with Gasteiger partial charge in [-0.25, -0.2) is 0 Å². The van der Waals surface area contributed by atoms with Crippen LogP contribution >= 0.6 is 0 Å². The van der Waals surface area contributed by atoms with Crippen molar-refractivity contribution < 1.29 is 0 Å². The second kappa shape index (κ2) is 5.68. The molecule has 3 nitrogen and oxygen atoms in total. The zero-order chi connectivity index (χ0) is 12.3. The summed E-state index contributed by atoms with van der Waals surface area (Å²) in [6.07, 6.45) is 4.29. The Hall–Kier alpha value is -0.120. The predicted molar refractivity (Wildman–Crippen MR) is 73.3 cm³/mol. The summed E-state index contributed by atoms with van der Waals surface area (Å²) in [4.78, 5) is 2.62. The lowest BCUT2D eigenvalue weighted by atomic mass is 9.69. The van der Waals surface area contributed by atoms with E-state index >= 15 is 0 Å². The van der Waals surface area contributed by atoms with Crippen molar-refractivity contribution in [3.05, 3.63) is 0 Å². The molecule has 2 rings (SSSR count). The van der Waals surface area contributed by atoms with E-state index in [0.29, 0.717) is 11.5 Å². The van der Waals surface area contributed by atoms with Crippen LogP contribution in [0, 0.1) is 11.3 Å². The maximum absolute atomic E-state index is 3.59. The summed E-state index contributed by atoms with van der Waals surface area (Å²) in [6, 6.07) is 0.686. The average molecular weight is 239 g/mol. The largest absolute Gasteiger partial charge is 0.316 e. The Balaban J connectivity index is 1.90. The molecule has 1 saturated heterocycles. The fourth-order valence-corrected chi connectivity index (χ4v) is 3.58. The number of piperazine rings is 1. The molecule has 1 aliphatic carbocycles. The quantitative estimate of drug-likeness (QED) is 0.757. The molecule has 2 fully saturated rings. The molecule has 0 amide bonds. The lowest BCUT2D eigenvalue weighted by molar-refractivity contribution is 0.0749. The number of nitrogens with zero attached hydrogens (tertiary/aromatic N) is 1. The van der Waals surface area contributed by atoms with Gasteiger partial charge in [0.25, 0.3) is 0 Å². The topological polar surface area (TPSA) is 27.3 Å². The van der Waals surface area contributed by atoms with E-state index in [1.54, 1.807) is 0 Å². The molecule has 0 aromatic heterocycles. The lowest BCUT2D eigenvalue weighted by Gasteiger charge is -2.46. The Labute approximate surface area is 106 Å². The third-order valence-corrected chi connectivity index (χ3v) is 4.61. The van der Waals surface area contributed by atoms with Crippen LogP contribution in [0.5, 0.6) is 0 Å². The monoisotopic (exact) mass is 239 g/mol. The Morgan fingerprint density at radius 1 is 1.29 bits per heavy atom. The maximum Gasteiger partial charge on any atom is 0.0156 e. The standard InChI is InChI=1S/C14H29N3/c1-14(2,11-17-9-7-16-8-10-17)13(15-3)12-5-4-6-12/h12-13,15-16H,4-11H2,1-3H3. The molecule has 0 bridgehead atoms. The first-order valence-electron chi connectivity index (χ1n) is 7.24. The van der Waals surface area contributed by atoms with Gasteiger partial charge in [0.2, 0.25) is 0 Å². The van der Waals surface area contributed by atoms with Crippen molar-refractivity contribution in [2.45, 2.75) is 39.2 Å². The van der Waals surface area contributed by atoms with E-state index in [9.17, 15) is 0 Å². The van der Waals surface area contributed by atoms with E-state index in [2.05, 4.69) is 36.4 Å². The molecular weight excluding hydrogens is 210 g/mol. The zero-order valence-corrected chi connectivity index (χ0v) is 11.8. The van der Waals surface area contributed by atoms with Crippen LogP contribution in [0.1, 0.15) is 33.1 Å². The van der Waals surface area contributed by atoms with Gasteiger partial charge in [0.15, 0.2) is 0 Å². The van der Waals surface area contributed by atoms with Crippen LogP contribution in [0.25, 0.3) is 0 Å². The smallest absolute Gasteiger partial charge is 0.0156 e. The SMILES string of the molecule is CNC(C1CCC1)C(C)(C)CN1CCNCC1. The Kier molecular flexibility index (Phi) is 4.45. The highest BCUT2D eigenvalue weighted by Gasteiger charge is 2.38. The zero-order valence-electron chi connectivity index (χ0n) is 11.8. The molecular formula is C14H29N3. The van der Waals surface area contributed by atoms with E-state index in [0.717, 1.165) is 19.0 Å². The molecule has 3 heteroatoms. The second-order valence-electron chi connectivity index (χ2n) is 6.47. The highest BCUT2D eigenvalue weighted by molar-refractivity contribution is 4.94. The Morgan fingerprint density at radius 3 is 2.41 bits per heavy atom. The van der Waals surface area contributed by atoms with Crippen LogP contribution < -0.4 is 10.6 Å². The van der Waals surface area contributed by atoms with Crippen molar-refractivity contribution in [2.75, 3.05) is 39.8 Å². The van der Waals surface area contributed by atoms with Crippen molar-refractivity contribution in [1.29, 1.82) is 0 Å². The molecule has 0 radical (unpaired) electrons. The van der Waals surface area contributed by atoms with Crippen molar-refractivity contribution in [3.8, 4) is 0 Å². The van der Waals surface area contributed by atoms with Gasteiger partial charge in [0.1, 0.15) is 0 Å². The number of rotatable bonds is 5. The van der Waals surface area contributed by atoms with Crippen molar-refractivity contribution in [2.24, 2.45) is 11.3 Å². The van der Waals surface area contributed by atoms with Crippen LogP contribution in [-0.4, -0.2) is 50.7 Å². The van der Waals surface area contributed by atoms with Gasteiger partial charge in [0.05, 0.1) is 0 Å². The van der Waals surface area contributed by atoms with Gasteiger partial charge in [-0.05, 0) is 31.2 Å². The van der Waals surface area contributed by atoms with Crippen molar-refractivity contribution in [3.63, 3.8) is 0 Å². The lowest BCUT2D eigenvalue weighted by Crippen LogP contribution is -2.55. The Morgan fingerprint density at radius 2 is 1.94 bits per heavy atom. The molecule has 1 unspecified atom stereocenters. The molecule has 0 aromatic rings. The molecule has 1 heterocycles. The highest BCUT2D eigenvalue weighted by Crippen LogP contribution is 2.38. The first kappa shape index (κ1) is 13.3. The molecule has 1 aliphatic heterocycles. The van der Waals surface area contributed by atoms with Gasteiger partial charge in [-0.2, -0.15) is 0 Å². The van der Waals surface area contributed by atoms with Crippen LogP contribution in [0.15, 0.2) is 0 Å². The highest BCUT2D eigenvalue weighted by atomic mass is 15.2. The van der Waals surface area contributed by atoms with Crippen LogP contribution in [-0.2, 0) is 0 Å². The molecule has 100 valence electrons. The molecule has 1 atom stereocenters. The number of hydrogen-bond donors (Lipinski definition) is 2. The van der Waals surface area contributed by atoms with Crippen molar-refractivity contribution >= 4 is 0 Å². The third kappa shape index (κ3) is 3.21. The van der Waals surface area contributed by atoms with Crippen LogP contribution in [0.3, 0.4) is 0 Å². The predicted octanol–water partition coefficient (Wildman–Crippen LogP) is 1.31. The van der Waals surface area contributed by atoms with Crippen molar-refractivity contribution in [1.82, 2.24) is 15.5 Å². The normalized spacial score (nSPS) is 25.6. The minimum absolute atomic E-state index is 0.386. The van der Waals surface area contributed by atoms with E-state index in [1.165, 1.54) is 38.9 Å². The van der Waals surface area contributed by atoms with Gasteiger partial charge in [-0.1, -0.05) is 20.3 Å². The second-order valence-corrected chi connectivity index (χ2v) is 6.47. The summed E-state index contributed by atoms with van der Waals surface area (Å²) in [5, 5.41) is 7.02. The van der Waals surface area contributed by atoms with Gasteiger partial charge >= 0.3 is 0 Å². The third-order valence-electron chi connectivity index (χ3n) is 4.61. The molecule has 2 aliphatic rings. The first-order valence-corrected chi connectivity index (χ1v) is 7.24. The molecule has 2 N–H and O–H groups in total. The van der Waals surface area contributed by atoms with Crippen LogP contribution in [0.4, 0.5) is 0 Å².